The van der Waals surface area contributed by atoms with E-state index in [9.17, 15) is 5.11 Å². The predicted octanol–water partition coefficient (Wildman–Crippen LogP) is 0.922. The number of aryl methyl sites for hydroxylation is 1. The van der Waals surface area contributed by atoms with Crippen molar-refractivity contribution < 1.29 is 9.84 Å². The molecule has 0 amide bonds. The molecule has 8 heteroatoms. The van der Waals surface area contributed by atoms with Crippen molar-refractivity contribution >= 4 is 5.82 Å². The Bertz CT molecular complexity index is 668. The maximum Gasteiger partial charge on any atom is 0.162 e. The number of hydrazine groups is 1. The Hall–Kier alpha value is -2.26. The largest absolute Gasteiger partial charge is 0.491 e. The molecule has 1 atom stereocenters. The molecule has 2 aromatic rings. The van der Waals surface area contributed by atoms with E-state index in [1.54, 1.807) is 6.07 Å². The number of benzene rings is 1. The summed E-state index contributed by atoms with van der Waals surface area (Å²) in [6.45, 7) is 5.27. The minimum atomic E-state index is -0.521. The third-order valence-corrected chi connectivity index (χ3v) is 4.11. The van der Waals surface area contributed by atoms with E-state index in [-0.39, 0.29) is 0 Å². The molecule has 0 saturated carbocycles. The van der Waals surface area contributed by atoms with Crippen molar-refractivity contribution in [2.45, 2.75) is 26.0 Å². The Kier molecular flexibility index (Phi) is 8.93. The number of nitrogens with one attached hydrogen (secondary N) is 2. The lowest BCUT2D eigenvalue weighted by atomic mass is 10.2. The zero-order valence-corrected chi connectivity index (χ0v) is 16.1. The van der Waals surface area contributed by atoms with Crippen LogP contribution in [0.25, 0.3) is 0 Å². The number of rotatable bonds is 12. The molecule has 0 radical (unpaired) electrons. The van der Waals surface area contributed by atoms with Crippen LogP contribution in [0.4, 0.5) is 5.82 Å². The Morgan fingerprint density at radius 3 is 2.74 bits per heavy atom. The van der Waals surface area contributed by atoms with Gasteiger partial charge in [-0.2, -0.15) is 5.10 Å². The molecular weight excluding hydrogens is 344 g/mol. The van der Waals surface area contributed by atoms with Crippen molar-refractivity contribution in [3.8, 4) is 5.75 Å². The van der Waals surface area contributed by atoms with Crippen molar-refractivity contribution in [2.75, 3.05) is 38.7 Å². The number of ether oxygens (including phenoxy) is 1. The number of nitrogen functional groups attached to an aromatic ring is 1. The van der Waals surface area contributed by atoms with Crippen LogP contribution in [-0.4, -0.2) is 59.6 Å². The fourth-order valence-electron chi connectivity index (χ4n) is 2.63. The highest BCUT2D eigenvalue weighted by Crippen LogP contribution is 2.16. The summed E-state index contributed by atoms with van der Waals surface area (Å²) in [4.78, 5) is 2.11. The highest BCUT2D eigenvalue weighted by molar-refractivity contribution is 5.32. The van der Waals surface area contributed by atoms with Crippen LogP contribution in [0.15, 0.2) is 36.4 Å². The van der Waals surface area contributed by atoms with Gasteiger partial charge in [0.25, 0.3) is 0 Å². The quantitative estimate of drug-likeness (QED) is 0.247. The van der Waals surface area contributed by atoms with Crippen LogP contribution in [0.3, 0.4) is 0 Å². The van der Waals surface area contributed by atoms with Gasteiger partial charge in [0.1, 0.15) is 18.5 Å². The van der Waals surface area contributed by atoms with Gasteiger partial charge in [0.2, 0.25) is 0 Å². The van der Waals surface area contributed by atoms with E-state index in [0.29, 0.717) is 25.5 Å². The predicted molar refractivity (Wildman–Crippen MR) is 106 cm³/mol. The van der Waals surface area contributed by atoms with Crippen molar-refractivity contribution in [1.82, 2.24) is 20.4 Å². The lowest BCUT2D eigenvalue weighted by Crippen LogP contribution is -2.34. The molecule has 0 saturated heterocycles. The lowest BCUT2D eigenvalue weighted by molar-refractivity contribution is 0.0758. The second-order valence-electron chi connectivity index (χ2n) is 6.58. The summed E-state index contributed by atoms with van der Waals surface area (Å²) in [5, 5.41) is 21.5. The van der Waals surface area contributed by atoms with Gasteiger partial charge in [-0.3, -0.25) is 0 Å². The number of aromatic nitrogens is 2. The number of para-hydroxylation sites is 1. The Morgan fingerprint density at radius 1 is 1.22 bits per heavy atom. The van der Waals surface area contributed by atoms with E-state index in [2.05, 4.69) is 25.8 Å². The maximum absolute atomic E-state index is 10.2. The van der Waals surface area contributed by atoms with Crippen LogP contribution >= 0.6 is 0 Å². The van der Waals surface area contributed by atoms with Crippen molar-refractivity contribution in [3.63, 3.8) is 0 Å². The maximum atomic E-state index is 10.2. The fraction of sp³-hybridized carbons (Fsp3) is 0.474. The fourth-order valence-corrected chi connectivity index (χ4v) is 2.63. The summed E-state index contributed by atoms with van der Waals surface area (Å²) in [5.41, 5.74) is 4.39. The molecule has 27 heavy (non-hydrogen) atoms. The first-order chi connectivity index (χ1) is 13.1. The number of anilines is 1. The Morgan fingerprint density at radius 2 is 2.04 bits per heavy atom. The number of nitrogens with two attached hydrogens (primary N) is 1. The highest BCUT2D eigenvalue weighted by Gasteiger charge is 2.10. The number of aliphatic hydroxyl groups is 1. The van der Waals surface area contributed by atoms with Crippen molar-refractivity contribution in [3.05, 3.63) is 47.7 Å². The normalized spacial score (nSPS) is 12.2. The van der Waals surface area contributed by atoms with Crippen molar-refractivity contribution in [1.29, 1.82) is 0 Å². The lowest BCUT2D eigenvalue weighted by Gasteiger charge is -2.21. The second-order valence-corrected chi connectivity index (χ2v) is 6.58. The standard InChI is InChI=1S/C19H30N6O2/c1-15-6-3-4-7-18(15)27-14-17(26)13-25(2)11-5-10-21-12-16-8-9-19(22-20)24-23-16/h3-4,6-9,17,21,26H,5,10-14,20H2,1-2H3,(H,22,24). The SMILES string of the molecule is Cc1ccccc1OCC(O)CN(C)CCCNCc1ccc(NN)nn1. The molecule has 0 aliphatic heterocycles. The van der Waals surface area contributed by atoms with Crippen LogP contribution in [0.1, 0.15) is 17.7 Å². The van der Waals surface area contributed by atoms with E-state index >= 15 is 0 Å². The molecule has 0 fully saturated rings. The van der Waals surface area contributed by atoms with Crippen LogP contribution in [0, 0.1) is 6.92 Å². The summed E-state index contributed by atoms with van der Waals surface area (Å²) in [7, 11) is 2.00. The number of hydrogen-bond acceptors (Lipinski definition) is 8. The first kappa shape index (κ1) is 21.0. The van der Waals surface area contributed by atoms with Gasteiger partial charge in [0, 0.05) is 13.1 Å². The van der Waals surface area contributed by atoms with E-state index in [1.165, 1.54) is 0 Å². The summed E-state index contributed by atoms with van der Waals surface area (Å²) < 4.78 is 5.69. The van der Waals surface area contributed by atoms with Gasteiger partial charge in [-0.15, -0.1) is 5.10 Å². The number of hydrogen-bond donors (Lipinski definition) is 4. The summed E-state index contributed by atoms with van der Waals surface area (Å²) in [5.74, 6) is 6.63. The molecule has 5 N–H and O–H groups in total. The summed E-state index contributed by atoms with van der Waals surface area (Å²) >= 11 is 0. The topological polar surface area (TPSA) is 109 Å². The second kappa shape index (κ2) is 11.5. The third-order valence-electron chi connectivity index (χ3n) is 4.11. The molecule has 0 aliphatic rings. The number of aliphatic hydroxyl groups excluding tert-OH is 1. The highest BCUT2D eigenvalue weighted by atomic mass is 16.5. The summed E-state index contributed by atoms with van der Waals surface area (Å²) in [6, 6.07) is 11.5. The smallest absolute Gasteiger partial charge is 0.162 e. The van der Waals surface area contributed by atoms with Gasteiger partial charge in [-0.05, 0) is 57.2 Å². The average Bonchev–Trinajstić information content (AvgIpc) is 2.67. The molecule has 1 aromatic carbocycles. The molecule has 148 valence electrons. The number of nitrogens with zero attached hydrogens (tertiary/aromatic N) is 3. The summed E-state index contributed by atoms with van der Waals surface area (Å²) in [6.07, 6.45) is 0.449. The third kappa shape index (κ3) is 7.88. The van der Waals surface area contributed by atoms with Crippen LogP contribution < -0.4 is 21.3 Å². The molecule has 0 spiro atoms. The molecule has 1 aromatic heterocycles. The van der Waals surface area contributed by atoms with Gasteiger partial charge >= 0.3 is 0 Å². The molecule has 1 unspecified atom stereocenters. The average molecular weight is 374 g/mol. The molecule has 8 nitrogen and oxygen atoms in total. The van der Waals surface area contributed by atoms with E-state index in [4.69, 9.17) is 10.6 Å². The van der Waals surface area contributed by atoms with Crippen LogP contribution in [-0.2, 0) is 6.54 Å². The van der Waals surface area contributed by atoms with Crippen molar-refractivity contribution in [2.24, 2.45) is 5.84 Å². The minimum Gasteiger partial charge on any atom is -0.491 e. The Balaban J connectivity index is 1.55. The molecule has 2 rings (SSSR count). The first-order valence-electron chi connectivity index (χ1n) is 9.13. The van der Waals surface area contributed by atoms with Gasteiger partial charge in [-0.25, -0.2) is 5.84 Å². The molecular formula is C19H30N6O2. The minimum absolute atomic E-state index is 0.291. The Labute approximate surface area is 160 Å². The van der Waals surface area contributed by atoms with Crippen LogP contribution in [0.5, 0.6) is 5.75 Å². The molecule has 1 heterocycles. The number of likely N-dealkylation sites (N-methyl/N-ethyl adjacent to an activating group) is 1. The van der Waals surface area contributed by atoms with E-state index in [1.807, 2.05) is 44.3 Å². The van der Waals surface area contributed by atoms with Gasteiger partial charge in [0.05, 0.1) is 5.69 Å². The van der Waals surface area contributed by atoms with Gasteiger partial charge < -0.3 is 25.5 Å². The van der Waals surface area contributed by atoms with E-state index < -0.39 is 6.10 Å². The molecule has 0 aliphatic carbocycles. The van der Waals surface area contributed by atoms with E-state index in [0.717, 1.165) is 36.5 Å². The molecule has 0 bridgehead atoms. The van der Waals surface area contributed by atoms with Gasteiger partial charge in [0.15, 0.2) is 5.82 Å². The monoisotopic (exact) mass is 374 g/mol. The zero-order valence-electron chi connectivity index (χ0n) is 16.1. The first-order valence-corrected chi connectivity index (χ1v) is 9.13. The van der Waals surface area contributed by atoms with Crippen LogP contribution in [0.2, 0.25) is 0 Å². The zero-order chi connectivity index (χ0) is 19.5. The van der Waals surface area contributed by atoms with Gasteiger partial charge in [-0.1, -0.05) is 18.2 Å².